The third-order valence-corrected chi connectivity index (χ3v) is 8.36. The molecule has 3 heteroatoms. The summed E-state index contributed by atoms with van der Waals surface area (Å²) in [6.07, 6.45) is 22.7. The zero-order valence-corrected chi connectivity index (χ0v) is 30.8. The van der Waals surface area contributed by atoms with Gasteiger partial charge in [0.05, 0.1) is 12.8 Å². The van der Waals surface area contributed by atoms with Gasteiger partial charge in [0, 0.05) is 5.57 Å². The Labute approximate surface area is 278 Å². The number of halogens is 1. The van der Waals surface area contributed by atoms with E-state index in [0.717, 1.165) is 62.4 Å². The Balaban J connectivity index is 0.000000714. The highest BCUT2D eigenvalue weighted by molar-refractivity contribution is 5.85. The molecule has 1 aliphatic rings. The lowest BCUT2D eigenvalue weighted by molar-refractivity contribution is 0.301. The van der Waals surface area contributed by atoms with Crippen molar-refractivity contribution in [1.29, 1.82) is 0 Å². The van der Waals surface area contributed by atoms with Crippen LogP contribution >= 0.6 is 0 Å². The molecule has 1 atom stereocenters. The molecule has 1 aromatic carbocycles. The largest absolute Gasteiger partial charge is 0.493 e. The number of hydrogen-bond donors (Lipinski definition) is 0. The summed E-state index contributed by atoms with van der Waals surface area (Å²) in [5, 5.41) is 0. The van der Waals surface area contributed by atoms with Crippen LogP contribution < -0.4 is 4.74 Å². The van der Waals surface area contributed by atoms with E-state index >= 15 is 0 Å². The monoisotopic (exact) mass is 625 g/mol. The Bertz CT molecular complexity index is 1090. The lowest BCUT2D eigenvalue weighted by atomic mass is 9.91. The van der Waals surface area contributed by atoms with E-state index in [1.807, 2.05) is 20.8 Å². The molecule has 0 amide bonds. The van der Waals surface area contributed by atoms with Gasteiger partial charge in [-0.25, -0.2) is 4.39 Å². The van der Waals surface area contributed by atoms with Gasteiger partial charge in [-0.05, 0) is 117 Å². The quantitative estimate of drug-likeness (QED) is 0.115. The molecule has 0 spiro atoms. The minimum absolute atomic E-state index is 0.551. The van der Waals surface area contributed by atoms with E-state index in [1.54, 1.807) is 0 Å². The number of ether oxygens (including phenoxy) is 1. The lowest BCUT2D eigenvalue weighted by Gasteiger charge is -2.17. The summed E-state index contributed by atoms with van der Waals surface area (Å²) in [4.78, 5) is 0. The normalized spacial score (nSPS) is 13.9. The Morgan fingerprint density at radius 2 is 1.56 bits per heavy atom. The van der Waals surface area contributed by atoms with Crippen LogP contribution in [-0.2, 0) is 6.42 Å². The first-order valence-corrected chi connectivity index (χ1v) is 18.7. The van der Waals surface area contributed by atoms with Crippen LogP contribution in [0.1, 0.15) is 173 Å². The Hall–Kier alpha value is -2.29. The summed E-state index contributed by atoms with van der Waals surface area (Å²) < 4.78 is 24.4. The van der Waals surface area contributed by atoms with Gasteiger partial charge in [0.2, 0.25) is 0 Å². The minimum Gasteiger partial charge on any atom is -0.493 e. The SMILES string of the molecule is CCC/C=C(/C=C(\c1cc(CC)c(OCCCCCCC)cc1C)C1CC1)c1ccc(C)o1.CCCC(F)CC.CCCCC. The Morgan fingerprint density at radius 1 is 0.867 bits per heavy atom. The maximum Gasteiger partial charge on any atom is 0.133 e. The highest BCUT2D eigenvalue weighted by atomic mass is 19.1. The highest BCUT2D eigenvalue weighted by Crippen LogP contribution is 2.45. The molecule has 256 valence electrons. The average Bonchev–Trinajstić information content (AvgIpc) is 3.79. The second-order valence-electron chi connectivity index (χ2n) is 12.8. The van der Waals surface area contributed by atoms with E-state index in [-0.39, 0.29) is 0 Å². The first kappa shape index (κ1) is 40.7. The van der Waals surface area contributed by atoms with Crippen LogP contribution in [0.2, 0.25) is 0 Å². The fourth-order valence-electron chi connectivity index (χ4n) is 5.30. The molecule has 3 rings (SSSR count). The van der Waals surface area contributed by atoms with Crippen molar-refractivity contribution in [1.82, 2.24) is 0 Å². The van der Waals surface area contributed by atoms with Crippen LogP contribution in [0.15, 0.2) is 40.8 Å². The standard InChI is InChI=1S/C31H44O2.C6H13F.C5H12/c1-6-9-11-12-13-19-32-31-20-23(4)28(21-25(31)8-3)29(26-16-17-26)22-27(14-10-7-2)30-18-15-24(5)33-30;1-3-5-6(7)4-2;1-3-5-4-2/h14-15,18,20-22,26H,6-13,16-17,19H2,1-5H3;6H,3-5H2,1-2H3;3-5H2,1-2H3/b27-14-,29-22-;;. The van der Waals surface area contributed by atoms with E-state index in [0.29, 0.717) is 12.3 Å². The van der Waals surface area contributed by atoms with Crippen LogP contribution in [0, 0.1) is 19.8 Å². The Kier molecular flexibility index (Phi) is 22.5. The van der Waals surface area contributed by atoms with Crippen molar-refractivity contribution in [3.63, 3.8) is 0 Å². The number of furan rings is 1. The van der Waals surface area contributed by atoms with E-state index < -0.39 is 6.17 Å². The first-order valence-electron chi connectivity index (χ1n) is 18.7. The smallest absolute Gasteiger partial charge is 0.133 e. The maximum atomic E-state index is 12.1. The third kappa shape index (κ3) is 16.7. The molecule has 0 N–H and O–H groups in total. The van der Waals surface area contributed by atoms with Gasteiger partial charge in [-0.1, -0.05) is 112 Å². The molecular weight excluding hydrogens is 555 g/mol. The minimum atomic E-state index is -0.551. The molecular formula is C42H69FO2. The summed E-state index contributed by atoms with van der Waals surface area (Å²) in [6.45, 7) is 20.1. The van der Waals surface area contributed by atoms with Crippen LogP contribution in [-0.4, -0.2) is 12.8 Å². The fraction of sp³-hybridized carbons (Fsp3) is 0.667. The van der Waals surface area contributed by atoms with Gasteiger partial charge in [-0.2, -0.15) is 0 Å². The summed E-state index contributed by atoms with van der Waals surface area (Å²) >= 11 is 0. The molecule has 2 nitrogen and oxygen atoms in total. The molecule has 1 unspecified atom stereocenters. The van der Waals surface area contributed by atoms with Crippen molar-refractivity contribution in [2.45, 2.75) is 171 Å². The number of allylic oxidation sites excluding steroid dienone is 4. The molecule has 2 aromatic rings. The van der Waals surface area contributed by atoms with Crippen molar-refractivity contribution in [3.8, 4) is 5.75 Å². The first-order chi connectivity index (χ1) is 21.8. The van der Waals surface area contributed by atoms with Gasteiger partial charge in [0.15, 0.2) is 0 Å². The zero-order chi connectivity index (χ0) is 33.5. The molecule has 0 aliphatic heterocycles. The van der Waals surface area contributed by atoms with Gasteiger partial charge in [0.25, 0.3) is 0 Å². The number of hydrogen-bond acceptors (Lipinski definition) is 2. The second-order valence-corrected chi connectivity index (χ2v) is 12.8. The number of unbranched alkanes of at least 4 members (excludes halogenated alkanes) is 7. The topological polar surface area (TPSA) is 22.4 Å². The summed E-state index contributed by atoms with van der Waals surface area (Å²) in [7, 11) is 0. The second kappa shape index (κ2) is 24.9. The van der Waals surface area contributed by atoms with Crippen molar-refractivity contribution in [3.05, 3.63) is 64.6 Å². The average molecular weight is 625 g/mol. The fourth-order valence-corrected chi connectivity index (χ4v) is 5.30. The summed E-state index contributed by atoms with van der Waals surface area (Å²) in [6, 6.07) is 8.85. The van der Waals surface area contributed by atoms with E-state index in [1.165, 1.54) is 85.6 Å². The molecule has 45 heavy (non-hydrogen) atoms. The van der Waals surface area contributed by atoms with E-state index in [4.69, 9.17) is 9.15 Å². The zero-order valence-electron chi connectivity index (χ0n) is 30.8. The molecule has 0 radical (unpaired) electrons. The summed E-state index contributed by atoms with van der Waals surface area (Å²) in [5.41, 5.74) is 6.71. The number of alkyl halides is 1. The Morgan fingerprint density at radius 3 is 2.04 bits per heavy atom. The molecule has 0 bridgehead atoms. The van der Waals surface area contributed by atoms with Crippen LogP contribution in [0.25, 0.3) is 11.1 Å². The molecule has 1 fully saturated rings. The molecule has 1 aromatic heterocycles. The lowest BCUT2D eigenvalue weighted by Crippen LogP contribution is -2.03. The van der Waals surface area contributed by atoms with Gasteiger partial charge in [0.1, 0.15) is 17.3 Å². The van der Waals surface area contributed by atoms with Crippen LogP contribution in [0.3, 0.4) is 0 Å². The van der Waals surface area contributed by atoms with E-state index in [9.17, 15) is 4.39 Å². The third-order valence-electron chi connectivity index (χ3n) is 8.36. The van der Waals surface area contributed by atoms with Crippen molar-refractivity contribution in [2.24, 2.45) is 5.92 Å². The van der Waals surface area contributed by atoms with E-state index in [2.05, 4.69) is 78.0 Å². The number of rotatable bonds is 19. The van der Waals surface area contributed by atoms with Crippen molar-refractivity contribution >= 4 is 11.1 Å². The number of benzene rings is 1. The molecule has 0 saturated heterocycles. The number of aryl methyl sites for hydroxylation is 3. The van der Waals surface area contributed by atoms with Gasteiger partial charge < -0.3 is 9.15 Å². The molecule has 1 saturated carbocycles. The van der Waals surface area contributed by atoms with Gasteiger partial charge in [-0.15, -0.1) is 0 Å². The van der Waals surface area contributed by atoms with Gasteiger partial charge in [-0.3, -0.25) is 0 Å². The highest BCUT2D eigenvalue weighted by Gasteiger charge is 2.29. The molecule has 1 heterocycles. The van der Waals surface area contributed by atoms with Crippen molar-refractivity contribution in [2.75, 3.05) is 6.61 Å². The van der Waals surface area contributed by atoms with Crippen LogP contribution in [0.4, 0.5) is 4.39 Å². The summed E-state index contributed by atoms with van der Waals surface area (Å²) in [5.74, 6) is 3.68. The molecule has 1 aliphatic carbocycles. The van der Waals surface area contributed by atoms with Crippen LogP contribution in [0.5, 0.6) is 5.75 Å². The van der Waals surface area contributed by atoms with Gasteiger partial charge >= 0.3 is 0 Å². The predicted molar refractivity (Wildman–Crippen MR) is 197 cm³/mol. The van der Waals surface area contributed by atoms with Crippen molar-refractivity contribution < 1.29 is 13.5 Å². The predicted octanol–water partition coefficient (Wildman–Crippen LogP) is 14.2. The maximum absolute atomic E-state index is 12.1.